The Hall–Kier alpha value is -3.26. The number of hydrogen-bond acceptors (Lipinski definition) is 5. The maximum Gasteiger partial charge on any atom is 0.263 e. The second kappa shape index (κ2) is 7.77. The fourth-order valence-corrected chi connectivity index (χ4v) is 3.15. The topological polar surface area (TPSA) is 95.2 Å². The number of rotatable bonds is 5. The highest BCUT2D eigenvalue weighted by Crippen LogP contribution is 2.16. The number of anilines is 1. The normalized spacial score (nSPS) is 11.0. The number of nitrogens with one attached hydrogen (secondary N) is 1. The number of fused-ring (bicyclic) bond motifs is 1. The molecule has 1 N–H and O–H groups in total. The van der Waals surface area contributed by atoms with Gasteiger partial charge in [0.2, 0.25) is 0 Å². The number of methoxy groups -OCH3 is 1. The molecular formula is C20H22N4O4. The van der Waals surface area contributed by atoms with Crippen molar-refractivity contribution in [1.82, 2.24) is 14.1 Å². The average molecular weight is 382 g/mol. The molecule has 1 amide bonds. The number of aryl methyl sites for hydroxylation is 3. The van der Waals surface area contributed by atoms with E-state index >= 15 is 0 Å². The Labute approximate surface area is 161 Å². The molecule has 0 saturated carbocycles. The molecule has 0 spiro atoms. The Balaban J connectivity index is 1.99. The van der Waals surface area contributed by atoms with Crippen LogP contribution in [0.4, 0.5) is 5.69 Å². The van der Waals surface area contributed by atoms with Crippen LogP contribution in [-0.4, -0.2) is 33.7 Å². The van der Waals surface area contributed by atoms with Gasteiger partial charge in [-0.3, -0.25) is 14.4 Å². The van der Waals surface area contributed by atoms with Crippen molar-refractivity contribution in [1.29, 1.82) is 0 Å². The highest BCUT2D eigenvalue weighted by Gasteiger charge is 2.18. The lowest BCUT2D eigenvalue weighted by molar-refractivity contribution is 0.102. The second-order valence-corrected chi connectivity index (χ2v) is 6.64. The molecule has 0 radical (unpaired) electrons. The van der Waals surface area contributed by atoms with E-state index in [9.17, 15) is 14.4 Å². The molecule has 0 aliphatic rings. The van der Waals surface area contributed by atoms with Gasteiger partial charge >= 0.3 is 0 Å². The Kier molecular flexibility index (Phi) is 5.41. The molecule has 0 aliphatic carbocycles. The summed E-state index contributed by atoms with van der Waals surface area (Å²) in [6, 6.07) is 6.67. The van der Waals surface area contributed by atoms with Crippen LogP contribution in [0.25, 0.3) is 10.9 Å². The highest BCUT2D eigenvalue weighted by atomic mass is 16.5. The Morgan fingerprint density at radius 1 is 1.18 bits per heavy atom. The predicted molar refractivity (Wildman–Crippen MR) is 107 cm³/mol. The summed E-state index contributed by atoms with van der Waals surface area (Å²) in [6.07, 6.45) is 1.45. The summed E-state index contributed by atoms with van der Waals surface area (Å²) < 4.78 is 7.93. The maximum atomic E-state index is 12.8. The lowest BCUT2D eigenvalue weighted by Crippen LogP contribution is -2.32. The van der Waals surface area contributed by atoms with Crippen LogP contribution in [0.15, 0.2) is 40.2 Å². The van der Waals surface area contributed by atoms with E-state index in [1.807, 2.05) is 6.92 Å². The summed E-state index contributed by atoms with van der Waals surface area (Å²) >= 11 is 0. The summed E-state index contributed by atoms with van der Waals surface area (Å²) in [5.74, 6) is -0.520. The second-order valence-electron chi connectivity index (χ2n) is 6.64. The third kappa shape index (κ3) is 3.59. The van der Waals surface area contributed by atoms with Gasteiger partial charge < -0.3 is 19.2 Å². The third-order valence-corrected chi connectivity index (χ3v) is 4.63. The molecule has 3 rings (SSSR count). The molecule has 0 bridgehead atoms. The molecule has 146 valence electrons. The van der Waals surface area contributed by atoms with E-state index < -0.39 is 5.91 Å². The summed E-state index contributed by atoms with van der Waals surface area (Å²) in [5, 5.41) is 3.11. The lowest BCUT2D eigenvalue weighted by Gasteiger charge is -2.14. The van der Waals surface area contributed by atoms with Gasteiger partial charge in [-0.1, -0.05) is 0 Å². The van der Waals surface area contributed by atoms with E-state index in [1.165, 1.54) is 15.5 Å². The van der Waals surface area contributed by atoms with E-state index in [0.717, 1.165) is 5.69 Å². The van der Waals surface area contributed by atoms with E-state index in [1.54, 1.807) is 45.3 Å². The largest absolute Gasteiger partial charge is 0.383 e. The zero-order chi connectivity index (χ0) is 20.4. The maximum absolute atomic E-state index is 12.8. The van der Waals surface area contributed by atoms with E-state index in [2.05, 4.69) is 10.3 Å². The standard InChI is InChI=1S/C20H22N4O4/c1-12-9-13(2)24(7-8-28-4)20(27)17(12)18(25)22-14-5-6-16-15(10-14)19(26)23(3)11-21-16/h5-6,9-11H,7-8H2,1-4H3,(H,22,25). The fourth-order valence-electron chi connectivity index (χ4n) is 3.15. The molecule has 2 aromatic heterocycles. The van der Waals surface area contributed by atoms with E-state index in [0.29, 0.717) is 35.3 Å². The Bertz CT molecular complexity index is 1180. The van der Waals surface area contributed by atoms with Crippen LogP contribution in [0, 0.1) is 13.8 Å². The number of hydrogen-bond donors (Lipinski definition) is 1. The van der Waals surface area contributed by atoms with Crippen molar-refractivity contribution in [3.05, 3.63) is 68.1 Å². The summed E-state index contributed by atoms with van der Waals surface area (Å²) in [5.41, 5.74) is 1.80. The lowest BCUT2D eigenvalue weighted by atomic mass is 10.1. The van der Waals surface area contributed by atoms with Gasteiger partial charge in [-0.05, 0) is 43.7 Å². The molecule has 0 atom stereocenters. The van der Waals surface area contributed by atoms with Gasteiger partial charge in [0.15, 0.2) is 0 Å². The first kappa shape index (κ1) is 19.5. The molecule has 28 heavy (non-hydrogen) atoms. The zero-order valence-electron chi connectivity index (χ0n) is 16.3. The molecule has 8 nitrogen and oxygen atoms in total. The first-order chi connectivity index (χ1) is 13.3. The smallest absolute Gasteiger partial charge is 0.263 e. The van der Waals surface area contributed by atoms with Gasteiger partial charge in [0.25, 0.3) is 17.0 Å². The Morgan fingerprint density at radius 2 is 1.93 bits per heavy atom. The minimum atomic E-state index is -0.520. The first-order valence-electron chi connectivity index (χ1n) is 8.80. The van der Waals surface area contributed by atoms with Gasteiger partial charge in [-0.2, -0.15) is 0 Å². The molecule has 0 fully saturated rings. The van der Waals surface area contributed by atoms with Crippen molar-refractivity contribution in [3.8, 4) is 0 Å². The molecule has 0 aliphatic heterocycles. The van der Waals surface area contributed by atoms with Crippen molar-refractivity contribution in [2.75, 3.05) is 19.0 Å². The van der Waals surface area contributed by atoms with Crippen molar-refractivity contribution < 1.29 is 9.53 Å². The minimum absolute atomic E-state index is 0.0703. The van der Waals surface area contributed by atoms with Gasteiger partial charge in [0, 0.05) is 32.1 Å². The van der Waals surface area contributed by atoms with Crippen LogP contribution >= 0.6 is 0 Å². The molecule has 8 heteroatoms. The van der Waals surface area contributed by atoms with E-state index in [-0.39, 0.29) is 16.7 Å². The van der Waals surface area contributed by atoms with Crippen LogP contribution in [-0.2, 0) is 18.3 Å². The minimum Gasteiger partial charge on any atom is -0.383 e. The summed E-state index contributed by atoms with van der Waals surface area (Å²) in [7, 11) is 3.17. The van der Waals surface area contributed by atoms with Crippen LogP contribution in [0.3, 0.4) is 0 Å². The van der Waals surface area contributed by atoms with Crippen molar-refractivity contribution in [2.45, 2.75) is 20.4 Å². The van der Waals surface area contributed by atoms with Crippen LogP contribution in [0.2, 0.25) is 0 Å². The van der Waals surface area contributed by atoms with Gasteiger partial charge in [-0.15, -0.1) is 0 Å². The van der Waals surface area contributed by atoms with Crippen LogP contribution in [0.5, 0.6) is 0 Å². The molecule has 3 aromatic rings. The average Bonchev–Trinajstić information content (AvgIpc) is 2.64. The Morgan fingerprint density at radius 3 is 2.64 bits per heavy atom. The molecule has 0 saturated heterocycles. The number of pyridine rings is 1. The number of carbonyl (C=O) groups excluding carboxylic acids is 1. The predicted octanol–water partition coefficient (Wildman–Crippen LogP) is 1.61. The third-order valence-electron chi connectivity index (χ3n) is 4.63. The monoisotopic (exact) mass is 382 g/mol. The van der Waals surface area contributed by atoms with Gasteiger partial charge in [0.05, 0.1) is 23.8 Å². The molecule has 2 heterocycles. The molecule has 1 aromatic carbocycles. The SMILES string of the molecule is COCCn1c(C)cc(C)c(C(=O)Nc2ccc3ncn(C)c(=O)c3c2)c1=O. The highest BCUT2D eigenvalue weighted by molar-refractivity contribution is 6.05. The van der Waals surface area contributed by atoms with Gasteiger partial charge in [-0.25, -0.2) is 4.98 Å². The van der Waals surface area contributed by atoms with Crippen molar-refractivity contribution >= 4 is 22.5 Å². The first-order valence-corrected chi connectivity index (χ1v) is 8.80. The number of carbonyl (C=O) groups is 1. The zero-order valence-corrected chi connectivity index (χ0v) is 16.3. The number of benzene rings is 1. The fraction of sp³-hybridized carbons (Fsp3) is 0.300. The number of amides is 1. The molecule has 0 unspecified atom stereocenters. The summed E-state index contributed by atoms with van der Waals surface area (Å²) in [6.45, 7) is 4.27. The van der Waals surface area contributed by atoms with Crippen LogP contribution < -0.4 is 16.4 Å². The number of ether oxygens (including phenoxy) is 1. The number of nitrogens with zero attached hydrogens (tertiary/aromatic N) is 3. The molecular weight excluding hydrogens is 360 g/mol. The van der Waals surface area contributed by atoms with E-state index in [4.69, 9.17) is 4.74 Å². The summed E-state index contributed by atoms with van der Waals surface area (Å²) in [4.78, 5) is 42.1. The van der Waals surface area contributed by atoms with Crippen molar-refractivity contribution in [2.24, 2.45) is 7.05 Å². The van der Waals surface area contributed by atoms with Crippen LogP contribution in [0.1, 0.15) is 21.6 Å². The van der Waals surface area contributed by atoms with Crippen molar-refractivity contribution in [3.63, 3.8) is 0 Å². The van der Waals surface area contributed by atoms with Gasteiger partial charge in [0.1, 0.15) is 5.56 Å². The number of aromatic nitrogens is 3. The quantitative estimate of drug-likeness (QED) is 0.723.